The molecule has 1 N–H and O–H groups in total. The second kappa shape index (κ2) is 7.89. The summed E-state index contributed by atoms with van der Waals surface area (Å²) in [4.78, 5) is 15.9. The highest BCUT2D eigenvalue weighted by atomic mass is 32.2. The summed E-state index contributed by atoms with van der Waals surface area (Å²) in [5, 5.41) is 11.6. The molecule has 3 aromatic rings. The smallest absolute Gasteiger partial charge is 0.230 e. The summed E-state index contributed by atoms with van der Waals surface area (Å²) in [5.41, 5.74) is 1.36. The molecule has 25 heavy (non-hydrogen) atoms. The maximum atomic E-state index is 13.5. The van der Waals surface area contributed by atoms with E-state index >= 15 is 0 Å². The van der Waals surface area contributed by atoms with Gasteiger partial charge in [0.25, 0.3) is 0 Å². The van der Waals surface area contributed by atoms with Crippen molar-refractivity contribution in [3.63, 3.8) is 0 Å². The predicted molar refractivity (Wildman–Crippen MR) is 93.2 cm³/mol. The number of carbonyl (C=O) groups excluding carboxylic acids is 1. The van der Waals surface area contributed by atoms with Gasteiger partial charge in [0.1, 0.15) is 5.82 Å². The van der Waals surface area contributed by atoms with E-state index in [0.717, 1.165) is 5.56 Å². The third-order valence-electron chi connectivity index (χ3n) is 3.54. The minimum atomic E-state index is -0.328. The first-order valence-electron chi connectivity index (χ1n) is 7.58. The fraction of sp³-hybridized carbons (Fsp3) is 0.176. The van der Waals surface area contributed by atoms with Gasteiger partial charge in [0.15, 0.2) is 11.0 Å². The predicted octanol–water partition coefficient (Wildman–Crippen LogP) is 2.42. The first-order valence-corrected chi connectivity index (χ1v) is 8.56. The highest BCUT2D eigenvalue weighted by Gasteiger charge is 2.13. The Bertz CT molecular complexity index is 868. The summed E-state index contributed by atoms with van der Waals surface area (Å²) in [6.07, 6.45) is 3.37. The zero-order chi connectivity index (χ0) is 17.6. The van der Waals surface area contributed by atoms with Crippen LogP contribution in [0.15, 0.2) is 53.9 Å². The number of hydrogen-bond donors (Lipinski definition) is 1. The Morgan fingerprint density at radius 2 is 1.96 bits per heavy atom. The second-order valence-corrected chi connectivity index (χ2v) is 6.20. The van der Waals surface area contributed by atoms with E-state index in [1.54, 1.807) is 30.6 Å². The molecule has 6 nitrogen and oxygen atoms in total. The Kier molecular flexibility index (Phi) is 5.39. The number of nitrogens with zero attached hydrogens (tertiary/aromatic N) is 4. The Labute approximate surface area is 148 Å². The topological polar surface area (TPSA) is 72.7 Å². The molecule has 2 aromatic heterocycles. The van der Waals surface area contributed by atoms with Crippen LogP contribution in [-0.2, 0) is 18.4 Å². The van der Waals surface area contributed by atoms with Crippen molar-refractivity contribution >= 4 is 17.7 Å². The van der Waals surface area contributed by atoms with E-state index in [0.29, 0.717) is 16.5 Å². The summed E-state index contributed by atoms with van der Waals surface area (Å²) in [6, 6.07) is 10.1. The number of hydrogen-bond acceptors (Lipinski definition) is 5. The van der Waals surface area contributed by atoms with Crippen molar-refractivity contribution in [2.75, 3.05) is 5.75 Å². The molecule has 0 aliphatic heterocycles. The van der Waals surface area contributed by atoms with Crippen molar-refractivity contribution < 1.29 is 9.18 Å². The number of aromatic nitrogens is 4. The van der Waals surface area contributed by atoms with Crippen LogP contribution in [0.4, 0.5) is 4.39 Å². The SMILES string of the molecule is Cn1c(SCC(=O)NCc2ccccc2F)nnc1-c1ccncc1. The van der Waals surface area contributed by atoms with Crippen LogP contribution < -0.4 is 5.32 Å². The zero-order valence-electron chi connectivity index (χ0n) is 13.5. The molecule has 0 saturated heterocycles. The molecule has 0 fully saturated rings. The average Bonchev–Trinajstić information content (AvgIpc) is 3.00. The fourth-order valence-corrected chi connectivity index (χ4v) is 2.95. The van der Waals surface area contributed by atoms with Crippen LogP contribution in [0.1, 0.15) is 5.56 Å². The summed E-state index contributed by atoms with van der Waals surface area (Å²) >= 11 is 1.28. The van der Waals surface area contributed by atoms with Crippen molar-refractivity contribution in [1.82, 2.24) is 25.1 Å². The van der Waals surface area contributed by atoms with E-state index < -0.39 is 0 Å². The van der Waals surface area contributed by atoms with E-state index in [4.69, 9.17) is 0 Å². The van der Waals surface area contributed by atoms with Gasteiger partial charge in [0, 0.05) is 37.1 Å². The molecule has 0 radical (unpaired) electrons. The molecule has 0 spiro atoms. The number of halogens is 1. The summed E-state index contributed by atoms with van der Waals surface area (Å²) in [5.74, 6) is 0.362. The van der Waals surface area contributed by atoms with Gasteiger partial charge >= 0.3 is 0 Å². The molecule has 128 valence electrons. The van der Waals surface area contributed by atoms with Crippen molar-refractivity contribution in [3.8, 4) is 11.4 Å². The molecule has 1 aromatic carbocycles. The van der Waals surface area contributed by atoms with Crippen LogP contribution in [0.5, 0.6) is 0 Å². The third kappa shape index (κ3) is 4.21. The molecular formula is C17H16FN5OS. The van der Waals surface area contributed by atoms with Gasteiger partial charge in [0.2, 0.25) is 5.91 Å². The number of rotatable bonds is 6. The second-order valence-electron chi connectivity index (χ2n) is 5.26. The van der Waals surface area contributed by atoms with E-state index in [1.165, 1.54) is 17.8 Å². The Morgan fingerprint density at radius 3 is 2.72 bits per heavy atom. The normalized spacial score (nSPS) is 10.6. The number of thioether (sulfide) groups is 1. The summed E-state index contributed by atoms with van der Waals surface area (Å²) < 4.78 is 15.3. The van der Waals surface area contributed by atoms with Gasteiger partial charge in [0.05, 0.1) is 5.75 Å². The van der Waals surface area contributed by atoms with Crippen molar-refractivity contribution in [2.45, 2.75) is 11.7 Å². The van der Waals surface area contributed by atoms with Crippen LogP contribution in [0.2, 0.25) is 0 Å². The van der Waals surface area contributed by atoms with Gasteiger partial charge in [-0.05, 0) is 18.2 Å². The zero-order valence-corrected chi connectivity index (χ0v) is 14.3. The van der Waals surface area contributed by atoms with Gasteiger partial charge in [-0.2, -0.15) is 0 Å². The van der Waals surface area contributed by atoms with Gasteiger partial charge in [-0.1, -0.05) is 30.0 Å². The fourth-order valence-electron chi connectivity index (χ4n) is 2.21. The lowest BCUT2D eigenvalue weighted by atomic mass is 10.2. The van der Waals surface area contributed by atoms with Crippen LogP contribution in [0.3, 0.4) is 0 Å². The Hall–Kier alpha value is -2.74. The monoisotopic (exact) mass is 357 g/mol. The lowest BCUT2D eigenvalue weighted by molar-refractivity contribution is -0.118. The van der Waals surface area contributed by atoms with Gasteiger partial charge in [-0.15, -0.1) is 10.2 Å². The first-order chi connectivity index (χ1) is 12.1. The average molecular weight is 357 g/mol. The minimum absolute atomic E-state index is 0.160. The molecule has 0 atom stereocenters. The molecule has 0 bridgehead atoms. The van der Waals surface area contributed by atoms with Gasteiger partial charge < -0.3 is 9.88 Å². The molecule has 0 saturated carbocycles. The maximum absolute atomic E-state index is 13.5. The highest BCUT2D eigenvalue weighted by Crippen LogP contribution is 2.21. The van der Waals surface area contributed by atoms with E-state index in [2.05, 4.69) is 20.5 Å². The van der Waals surface area contributed by atoms with Crippen molar-refractivity contribution in [3.05, 3.63) is 60.2 Å². The first kappa shape index (κ1) is 17.1. The minimum Gasteiger partial charge on any atom is -0.351 e. The van der Waals surface area contributed by atoms with Gasteiger partial charge in [-0.25, -0.2) is 4.39 Å². The lowest BCUT2D eigenvalue weighted by Gasteiger charge is -2.06. The maximum Gasteiger partial charge on any atom is 0.230 e. The van der Waals surface area contributed by atoms with E-state index in [9.17, 15) is 9.18 Å². The largest absolute Gasteiger partial charge is 0.351 e. The van der Waals surface area contributed by atoms with Crippen LogP contribution >= 0.6 is 11.8 Å². The lowest BCUT2D eigenvalue weighted by Crippen LogP contribution is -2.25. The van der Waals surface area contributed by atoms with E-state index in [1.807, 2.05) is 23.7 Å². The Balaban J connectivity index is 1.56. The molecule has 1 amide bonds. The third-order valence-corrected chi connectivity index (χ3v) is 4.56. The van der Waals surface area contributed by atoms with Crippen molar-refractivity contribution in [2.24, 2.45) is 7.05 Å². The quantitative estimate of drug-likeness (QED) is 0.686. The van der Waals surface area contributed by atoms with Crippen LogP contribution in [0, 0.1) is 5.82 Å². The van der Waals surface area contributed by atoms with Crippen LogP contribution in [0.25, 0.3) is 11.4 Å². The number of benzene rings is 1. The Morgan fingerprint density at radius 1 is 1.20 bits per heavy atom. The molecule has 3 rings (SSSR count). The number of pyridine rings is 1. The molecule has 0 aliphatic carbocycles. The number of amides is 1. The molecule has 0 unspecified atom stereocenters. The summed E-state index contributed by atoms with van der Waals surface area (Å²) in [6.45, 7) is 0.160. The number of nitrogens with one attached hydrogen (secondary N) is 1. The van der Waals surface area contributed by atoms with Crippen LogP contribution in [-0.4, -0.2) is 31.4 Å². The highest BCUT2D eigenvalue weighted by molar-refractivity contribution is 7.99. The van der Waals surface area contributed by atoms with E-state index in [-0.39, 0.29) is 24.0 Å². The molecule has 8 heteroatoms. The standard InChI is InChI=1S/C17H16FN5OS/c1-23-16(12-6-8-19-9-7-12)21-22-17(23)25-11-15(24)20-10-13-4-2-3-5-14(13)18/h2-9H,10-11H2,1H3,(H,20,24). The van der Waals surface area contributed by atoms with Crippen molar-refractivity contribution in [1.29, 1.82) is 0 Å². The summed E-state index contributed by atoms with van der Waals surface area (Å²) in [7, 11) is 1.84. The molecule has 2 heterocycles. The van der Waals surface area contributed by atoms with Gasteiger partial charge in [-0.3, -0.25) is 9.78 Å². The number of carbonyl (C=O) groups is 1. The molecular weight excluding hydrogens is 341 g/mol. The molecule has 0 aliphatic rings.